The minimum absolute atomic E-state index is 0.00233. The SMILES string of the molecule is CCOc1ccc(N2CC(NC(=O)NCc3ccccc3)CC2=O)cc1. The largest absolute Gasteiger partial charge is 0.494 e. The minimum Gasteiger partial charge on any atom is -0.494 e. The van der Waals surface area contributed by atoms with E-state index in [4.69, 9.17) is 4.74 Å². The van der Waals surface area contributed by atoms with Crippen LogP contribution in [0.25, 0.3) is 0 Å². The van der Waals surface area contributed by atoms with Crippen molar-refractivity contribution in [1.82, 2.24) is 10.6 Å². The first kappa shape index (κ1) is 17.8. The maximum absolute atomic E-state index is 12.3. The quantitative estimate of drug-likeness (QED) is 0.839. The number of hydrogen-bond acceptors (Lipinski definition) is 3. The molecule has 1 fully saturated rings. The first-order valence-corrected chi connectivity index (χ1v) is 8.77. The van der Waals surface area contributed by atoms with Crippen LogP contribution in [0.15, 0.2) is 54.6 Å². The molecule has 1 aliphatic heterocycles. The summed E-state index contributed by atoms with van der Waals surface area (Å²) in [6, 6.07) is 16.6. The topological polar surface area (TPSA) is 70.7 Å². The number of urea groups is 1. The van der Waals surface area contributed by atoms with E-state index in [1.807, 2.05) is 61.5 Å². The third-order valence-electron chi connectivity index (χ3n) is 4.22. The summed E-state index contributed by atoms with van der Waals surface area (Å²) in [7, 11) is 0. The van der Waals surface area contributed by atoms with Crippen LogP contribution >= 0.6 is 0 Å². The van der Waals surface area contributed by atoms with Crippen molar-refractivity contribution in [3.05, 3.63) is 60.2 Å². The molecule has 2 N–H and O–H groups in total. The second-order valence-corrected chi connectivity index (χ2v) is 6.14. The zero-order valence-corrected chi connectivity index (χ0v) is 14.8. The molecule has 136 valence electrons. The third kappa shape index (κ3) is 4.53. The molecule has 2 aromatic carbocycles. The summed E-state index contributed by atoms with van der Waals surface area (Å²) < 4.78 is 5.42. The van der Waals surface area contributed by atoms with Crippen molar-refractivity contribution < 1.29 is 14.3 Å². The summed E-state index contributed by atoms with van der Waals surface area (Å²) in [5.74, 6) is 0.778. The first-order chi connectivity index (χ1) is 12.7. The number of nitrogens with zero attached hydrogens (tertiary/aromatic N) is 1. The Balaban J connectivity index is 1.51. The van der Waals surface area contributed by atoms with Crippen LogP contribution < -0.4 is 20.3 Å². The lowest BCUT2D eigenvalue weighted by Crippen LogP contribution is -2.43. The molecule has 1 saturated heterocycles. The van der Waals surface area contributed by atoms with Gasteiger partial charge in [0.15, 0.2) is 0 Å². The lowest BCUT2D eigenvalue weighted by atomic mass is 10.2. The Labute approximate surface area is 153 Å². The molecule has 0 saturated carbocycles. The van der Waals surface area contributed by atoms with Crippen molar-refractivity contribution in [2.75, 3.05) is 18.1 Å². The van der Waals surface area contributed by atoms with E-state index >= 15 is 0 Å². The summed E-state index contributed by atoms with van der Waals surface area (Å²) in [4.78, 5) is 26.0. The van der Waals surface area contributed by atoms with Crippen LogP contribution in [0.5, 0.6) is 5.75 Å². The van der Waals surface area contributed by atoms with E-state index in [-0.39, 0.29) is 18.0 Å². The fourth-order valence-electron chi connectivity index (χ4n) is 2.96. The van der Waals surface area contributed by atoms with Gasteiger partial charge in [-0.25, -0.2) is 4.79 Å². The number of amides is 3. The number of nitrogens with one attached hydrogen (secondary N) is 2. The fourth-order valence-corrected chi connectivity index (χ4v) is 2.96. The number of benzene rings is 2. The van der Waals surface area contributed by atoms with Gasteiger partial charge >= 0.3 is 6.03 Å². The second kappa shape index (κ2) is 8.38. The number of rotatable bonds is 6. The summed E-state index contributed by atoms with van der Waals surface area (Å²) in [6.45, 7) is 3.45. The van der Waals surface area contributed by atoms with Crippen molar-refractivity contribution in [3.63, 3.8) is 0 Å². The van der Waals surface area contributed by atoms with Crippen LogP contribution in [0.2, 0.25) is 0 Å². The summed E-state index contributed by atoms with van der Waals surface area (Å²) in [6.07, 6.45) is 0.298. The molecule has 26 heavy (non-hydrogen) atoms. The van der Waals surface area contributed by atoms with Crippen molar-refractivity contribution in [2.45, 2.75) is 25.9 Å². The monoisotopic (exact) mass is 353 g/mol. The molecule has 1 heterocycles. The van der Waals surface area contributed by atoms with Gasteiger partial charge in [-0.15, -0.1) is 0 Å². The van der Waals surface area contributed by atoms with E-state index in [0.29, 0.717) is 26.1 Å². The number of carbonyl (C=O) groups excluding carboxylic acids is 2. The summed E-state index contributed by atoms with van der Waals surface area (Å²) in [5.41, 5.74) is 1.84. The molecule has 1 aliphatic rings. The minimum atomic E-state index is -0.264. The van der Waals surface area contributed by atoms with E-state index in [1.165, 1.54) is 0 Å². The normalized spacial score (nSPS) is 16.4. The van der Waals surface area contributed by atoms with Gasteiger partial charge in [0.25, 0.3) is 0 Å². The Hall–Kier alpha value is -3.02. The molecule has 0 spiro atoms. The van der Waals surface area contributed by atoms with Crippen LogP contribution in [0.1, 0.15) is 18.9 Å². The van der Waals surface area contributed by atoms with Crippen LogP contribution in [-0.4, -0.2) is 31.1 Å². The Morgan fingerprint density at radius 3 is 2.58 bits per heavy atom. The van der Waals surface area contributed by atoms with Gasteiger partial charge in [-0.2, -0.15) is 0 Å². The lowest BCUT2D eigenvalue weighted by molar-refractivity contribution is -0.117. The molecule has 1 unspecified atom stereocenters. The predicted octanol–water partition coefficient (Wildman–Crippen LogP) is 2.69. The Kier molecular flexibility index (Phi) is 5.73. The highest BCUT2D eigenvalue weighted by Crippen LogP contribution is 2.24. The van der Waals surface area contributed by atoms with Gasteiger partial charge < -0.3 is 20.3 Å². The van der Waals surface area contributed by atoms with Gasteiger partial charge in [0, 0.05) is 25.2 Å². The molecule has 6 nitrogen and oxygen atoms in total. The van der Waals surface area contributed by atoms with E-state index < -0.39 is 0 Å². The van der Waals surface area contributed by atoms with Crippen molar-refractivity contribution in [1.29, 1.82) is 0 Å². The first-order valence-electron chi connectivity index (χ1n) is 8.77. The van der Waals surface area contributed by atoms with E-state index in [1.54, 1.807) is 4.90 Å². The predicted molar refractivity (Wildman–Crippen MR) is 100 cm³/mol. The maximum atomic E-state index is 12.3. The van der Waals surface area contributed by atoms with E-state index in [0.717, 1.165) is 17.0 Å². The van der Waals surface area contributed by atoms with Gasteiger partial charge in [0.05, 0.1) is 12.6 Å². The van der Waals surface area contributed by atoms with E-state index in [2.05, 4.69) is 10.6 Å². The zero-order chi connectivity index (χ0) is 18.4. The fraction of sp³-hybridized carbons (Fsp3) is 0.300. The van der Waals surface area contributed by atoms with Crippen molar-refractivity contribution in [2.24, 2.45) is 0 Å². The molecule has 0 aromatic heterocycles. The highest BCUT2D eigenvalue weighted by atomic mass is 16.5. The average Bonchev–Trinajstić information content (AvgIpc) is 3.02. The number of anilines is 1. The standard InChI is InChI=1S/C20H23N3O3/c1-2-26-18-10-8-17(9-11-18)23-14-16(12-19(23)24)22-20(25)21-13-15-6-4-3-5-7-15/h3-11,16H,2,12-14H2,1H3,(H2,21,22,25). The van der Waals surface area contributed by atoms with Gasteiger partial charge in [0.1, 0.15) is 5.75 Å². The van der Waals surface area contributed by atoms with Gasteiger partial charge in [-0.05, 0) is 36.8 Å². The lowest BCUT2D eigenvalue weighted by Gasteiger charge is -2.18. The number of ether oxygens (including phenoxy) is 1. The average molecular weight is 353 g/mol. The van der Waals surface area contributed by atoms with Gasteiger partial charge in [-0.3, -0.25) is 4.79 Å². The third-order valence-corrected chi connectivity index (χ3v) is 4.22. The van der Waals surface area contributed by atoms with Gasteiger partial charge in [0.2, 0.25) is 5.91 Å². The molecule has 3 rings (SSSR count). The molecule has 0 bridgehead atoms. The van der Waals surface area contributed by atoms with Crippen molar-refractivity contribution >= 4 is 17.6 Å². The highest BCUT2D eigenvalue weighted by Gasteiger charge is 2.31. The van der Waals surface area contributed by atoms with Crippen LogP contribution in [0.4, 0.5) is 10.5 Å². The van der Waals surface area contributed by atoms with Gasteiger partial charge in [-0.1, -0.05) is 30.3 Å². The number of hydrogen-bond donors (Lipinski definition) is 2. The molecular weight excluding hydrogens is 330 g/mol. The number of carbonyl (C=O) groups is 2. The summed E-state index contributed by atoms with van der Waals surface area (Å²) in [5, 5.41) is 5.69. The molecule has 6 heteroatoms. The molecule has 2 aromatic rings. The van der Waals surface area contributed by atoms with E-state index in [9.17, 15) is 9.59 Å². The Morgan fingerprint density at radius 2 is 1.88 bits per heavy atom. The smallest absolute Gasteiger partial charge is 0.315 e. The highest BCUT2D eigenvalue weighted by molar-refractivity contribution is 5.96. The molecule has 3 amide bonds. The molecule has 1 atom stereocenters. The zero-order valence-electron chi connectivity index (χ0n) is 14.8. The maximum Gasteiger partial charge on any atom is 0.315 e. The summed E-state index contributed by atoms with van der Waals surface area (Å²) >= 11 is 0. The Morgan fingerprint density at radius 1 is 1.15 bits per heavy atom. The molecule has 0 aliphatic carbocycles. The Bertz CT molecular complexity index is 747. The van der Waals surface area contributed by atoms with Crippen LogP contribution in [-0.2, 0) is 11.3 Å². The van der Waals surface area contributed by atoms with Crippen LogP contribution in [0.3, 0.4) is 0 Å². The van der Waals surface area contributed by atoms with Crippen LogP contribution in [0, 0.1) is 0 Å². The second-order valence-electron chi connectivity index (χ2n) is 6.14. The van der Waals surface area contributed by atoms with Crippen molar-refractivity contribution in [3.8, 4) is 5.75 Å². The molecular formula is C20H23N3O3. The molecule has 0 radical (unpaired) electrons.